The number of anilines is 1. The van der Waals surface area contributed by atoms with Crippen molar-refractivity contribution >= 4 is 33.1 Å². The molecule has 0 aliphatic heterocycles. The normalized spacial score (nSPS) is 11.0. The van der Waals surface area contributed by atoms with E-state index in [4.69, 9.17) is 9.26 Å². The fourth-order valence-corrected chi connectivity index (χ4v) is 4.17. The minimum atomic E-state index is -0.191. The second kappa shape index (κ2) is 7.30. The van der Waals surface area contributed by atoms with Gasteiger partial charge in [0, 0.05) is 29.8 Å². The van der Waals surface area contributed by atoms with E-state index >= 15 is 0 Å². The first-order valence-corrected chi connectivity index (χ1v) is 9.18. The van der Waals surface area contributed by atoms with Gasteiger partial charge < -0.3 is 14.6 Å². The molecule has 0 fully saturated rings. The molecule has 0 radical (unpaired) electrons. The Morgan fingerprint density at radius 2 is 2.07 bits per heavy atom. The van der Waals surface area contributed by atoms with Crippen molar-refractivity contribution in [3.8, 4) is 10.6 Å². The Kier molecular flexibility index (Phi) is 4.70. The summed E-state index contributed by atoms with van der Waals surface area (Å²) in [6, 6.07) is 12.8. The van der Waals surface area contributed by atoms with E-state index in [1.807, 2.05) is 31.2 Å². The molecule has 1 amide bonds. The third-order valence-corrected chi connectivity index (χ3v) is 5.22. The van der Waals surface area contributed by atoms with Crippen LogP contribution in [0.1, 0.15) is 21.6 Å². The molecule has 6 nitrogen and oxygen atoms in total. The molecule has 0 saturated carbocycles. The number of rotatable bonds is 5. The Morgan fingerprint density at radius 1 is 1.26 bits per heavy atom. The van der Waals surface area contributed by atoms with Crippen LogP contribution >= 0.6 is 11.3 Å². The van der Waals surface area contributed by atoms with Crippen LogP contribution in [0.5, 0.6) is 0 Å². The van der Waals surface area contributed by atoms with E-state index in [1.54, 1.807) is 25.3 Å². The molecule has 7 heteroatoms. The molecule has 3 aromatic heterocycles. The highest BCUT2D eigenvalue weighted by Crippen LogP contribution is 2.43. The fourth-order valence-electron chi connectivity index (χ4n) is 2.99. The zero-order valence-corrected chi connectivity index (χ0v) is 15.7. The minimum Gasteiger partial charge on any atom is -0.380 e. The number of aromatic nitrogens is 2. The van der Waals surface area contributed by atoms with Crippen molar-refractivity contribution in [2.24, 2.45) is 0 Å². The van der Waals surface area contributed by atoms with Crippen molar-refractivity contribution in [2.75, 3.05) is 12.4 Å². The number of carbonyl (C=O) groups is 1. The number of pyridine rings is 1. The van der Waals surface area contributed by atoms with Gasteiger partial charge in [0.25, 0.3) is 5.91 Å². The number of thiophene rings is 1. The van der Waals surface area contributed by atoms with Gasteiger partial charge in [0.2, 0.25) is 0 Å². The Morgan fingerprint density at radius 3 is 2.78 bits per heavy atom. The molecule has 27 heavy (non-hydrogen) atoms. The summed E-state index contributed by atoms with van der Waals surface area (Å²) in [5.74, 6) is -0.191. The summed E-state index contributed by atoms with van der Waals surface area (Å²) < 4.78 is 10.4. The predicted octanol–water partition coefficient (Wildman–Crippen LogP) is 4.66. The molecule has 0 aliphatic carbocycles. The summed E-state index contributed by atoms with van der Waals surface area (Å²) in [7, 11) is 1.65. The number of aryl methyl sites for hydroxylation is 1. The van der Waals surface area contributed by atoms with E-state index in [2.05, 4.69) is 15.5 Å². The van der Waals surface area contributed by atoms with Gasteiger partial charge in [-0.1, -0.05) is 23.4 Å². The third-order valence-electron chi connectivity index (χ3n) is 4.12. The maximum absolute atomic E-state index is 12.8. The highest BCUT2D eigenvalue weighted by atomic mass is 32.1. The molecule has 1 N–H and O–H groups in total. The Hall–Kier alpha value is -3.03. The standard InChI is InChI=1S/C20H17N3O3S/c1-12-10-14(11-25-2)16-17(22-19(24)13-6-4-3-5-7-13)18(27-20(16)21-12)15-8-9-26-23-15/h3-10H,11H2,1-2H3,(H,22,24). The third kappa shape index (κ3) is 3.34. The van der Waals surface area contributed by atoms with Gasteiger partial charge in [-0.15, -0.1) is 11.3 Å². The average Bonchev–Trinajstić information content (AvgIpc) is 3.31. The van der Waals surface area contributed by atoms with E-state index in [-0.39, 0.29) is 5.91 Å². The summed E-state index contributed by atoms with van der Waals surface area (Å²) in [4.78, 5) is 19.1. The molecule has 0 bridgehead atoms. The van der Waals surface area contributed by atoms with Crippen molar-refractivity contribution in [1.29, 1.82) is 0 Å². The number of carbonyl (C=O) groups excluding carboxylic acids is 1. The topological polar surface area (TPSA) is 77.2 Å². The first-order chi connectivity index (χ1) is 13.2. The quantitative estimate of drug-likeness (QED) is 0.546. The number of amides is 1. The molecule has 0 saturated heterocycles. The van der Waals surface area contributed by atoms with Crippen LogP contribution < -0.4 is 5.32 Å². The second-order valence-electron chi connectivity index (χ2n) is 6.05. The number of methoxy groups -OCH3 is 1. The number of benzene rings is 1. The van der Waals surface area contributed by atoms with Crippen molar-refractivity contribution in [2.45, 2.75) is 13.5 Å². The first-order valence-electron chi connectivity index (χ1n) is 8.36. The summed E-state index contributed by atoms with van der Waals surface area (Å²) in [6.45, 7) is 2.36. The van der Waals surface area contributed by atoms with Crippen LogP contribution in [-0.4, -0.2) is 23.2 Å². The van der Waals surface area contributed by atoms with Crippen molar-refractivity contribution < 1.29 is 14.1 Å². The Labute approximate surface area is 159 Å². The van der Waals surface area contributed by atoms with Crippen molar-refractivity contribution in [3.63, 3.8) is 0 Å². The number of nitrogens with zero attached hydrogens (tertiary/aromatic N) is 2. The second-order valence-corrected chi connectivity index (χ2v) is 7.05. The molecule has 0 unspecified atom stereocenters. The molecular formula is C20H17N3O3S. The number of hydrogen-bond donors (Lipinski definition) is 1. The van der Waals surface area contributed by atoms with Crippen LogP contribution in [-0.2, 0) is 11.3 Å². The lowest BCUT2D eigenvalue weighted by atomic mass is 10.1. The first kappa shape index (κ1) is 17.4. The van der Waals surface area contributed by atoms with Gasteiger partial charge in [-0.25, -0.2) is 4.98 Å². The monoisotopic (exact) mass is 379 g/mol. The molecule has 4 rings (SSSR count). The fraction of sp³-hybridized carbons (Fsp3) is 0.150. The van der Waals surface area contributed by atoms with Crippen LogP contribution in [0.15, 0.2) is 53.3 Å². The zero-order chi connectivity index (χ0) is 18.8. The molecule has 1 aromatic carbocycles. The van der Waals surface area contributed by atoms with E-state index in [1.165, 1.54) is 17.6 Å². The van der Waals surface area contributed by atoms with Crippen LogP contribution in [0.2, 0.25) is 0 Å². The molecule has 136 valence electrons. The molecule has 3 heterocycles. The summed E-state index contributed by atoms with van der Waals surface area (Å²) in [5.41, 5.74) is 3.77. The Balaban J connectivity index is 1.90. The van der Waals surface area contributed by atoms with E-state index in [0.717, 1.165) is 26.4 Å². The molecule has 0 spiro atoms. The number of hydrogen-bond acceptors (Lipinski definition) is 6. The highest BCUT2D eigenvalue weighted by molar-refractivity contribution is 7.22. The van der Waals surface area contributed by atoms with Gasteiger partial charge in [-0.2, -0.15) is 0 Å². The smallest absolute Gasteiger partial charge is 0.255 e. The summed E-state index contributed by atoms with van der Waals surface area (Å²) in [5, 5.41) is 7.97. The minimum absolute atomic E-state index is 0.191. The van der Waals surface area contributed by atoms with Gasteiger partial charge in [-0.05, 0) is 30.7 Å². The average molecular weight is 379 g/mol. The Bertz CT molecular complexity index is 1090. The van der Waals surface area contributed by atoms with Gasteiger partial charge in [-0.3, -0.25) is 4.79 Å². The molecule has 4 aromatic rings. The van der Waals surface area contributed by atoms with Crippen LogP contribution in [0.3, 0.4) is 0 Å². The lowest BCUT2D eigenvalue weighted by molar-refractivity contribution is 0.102. The van der Waals surface area contributed by atoms with Gasteiger partial charge in [0.05, 0.1) is 17.2 Å². The largest absolute Gasteiger partial charge is 0.380 e. The summed E-state index contributed by atoms with van der Waals surface area (Å²) in [6.07, 6.45) is 1.51. The highest BCUT2D eigenvalue weighted by Gasteiger charge is 2.22. The van der Waals surface area contributed by atoms with Gasteiger partial charge in [0.15, 0.2) is 0 Å². The maximum atomic E-state index is 12.8. The lowest BCUT2D eigenvalue weighted by Crippen LogP contribution is -2.12. The van der Waals surface area contributed by atoms with Gasteiger partial charge >= 0.3 is 0 Å². The van der Waals surface area contributed by atoms with E-state index < -0.39 is 0 Å². The number of ether oxygens (including phenoxy) is 1. The van der Waals surface area contributed by atoms with E-state index in [9.17, 15) is 4.79 Å². The van der Waals surface area contributed by atoms with Crippen LogP contribution in [0.4, 0.5) is 5.69 Å². The number of fused-ring (bicyclic) bond motifs is 1. The maximum Gasteiger partial charge on any atom is 0.255 e. The molecule has 0 atom stereocenters. The molecular weight excluding hydrogens is 362 g/mol. The van der Waals surface area contributed by atoms with Crippen LogP contribution in [0.25, 0.3) is 20.8 Å². The summed E-state index contributed by atoms with van der Waals surface area (Å²) >= 11 is 1.47. The molecule has 0 aliphatic rings. The van der Waals surface area contributed by atoms with Gasteiger partial charge in [0.1, 0.15) is 16.8 Å². The SMILES string of the molecule is COCc1cc(C)nc2sc(-c3ccon3)c(NC(=O)c3ccccc3)c12. The van der Waals surface area contributed by atoms with Crippen molar-refractivity contribution in [1.82, 2.24) is 10.1 Å². The van der Waals surface area contributed by atoms with Crippen LogP contribution in [0, 0.1) is 6.92 Å². The number of nitrogens with one attached hydrogen (secondary N) is 1. The zero-order valence-electron chi connectivity index (χ0n) is 14.9. The predicted molar refractivity (Wildman–Crippen MR) is 105 cm³/mol. The van der Waals surface area contributed by atoms with E-state index in [0.29, 0.717) is 23.6 Å². The lowest BCUT2D eigenvalue weighted by Gasteiger charge is -2.09. The van der Waals surface area contributed by atoms with Crippen molar-refractivity contribution in [3.05, 3.63) is 65.5 Å².